The summed E-state index contributed by atoms with van der Waals surface area (Å²) in [6.45, 7) is 7.65. The molecule has 0 bridgehead atoms. The number of carboxylic acids is 1. The predicted molar refractivity (Wildman–Crippen MR) is 115 cm³/mol. The molecule has 1 aliphatic carbocycles. The lowest BCUT2D eigenvalue weighted by Gasteiger charge is -2.34. The number of rotatable bonds is 5. The van der Waals surface area contributed by atoms with E-state index in [2.05, 4.69) is 4.98 Å². The largest absolute Gasteiger partial charge is 0.478 e. The standard InChI is InChI=1S/C23H30FN3O5/c1-22(2,3)32-21(30)26-7-5-23(6-8-26)13-15(23)19-25-18-16(24)11-14(20(28)29)12-17(18)27(19)9-10-31-4/h11-12,15H,5-10,13H2,1-4H3,(H,28,29). The summed E-state index contributed by atoms with van der Waals surface area (Å²) in [5, 5.41) is 9.34. The second-order valence-electron chi connectivity index (χ2n) is 9.83. The number of methoxy groups -OCH3 is 1. The number of aromatic nitrogens is 2. The van der Waals surface area contributed by atoms with Crippen molar-refractivity contribution in [2.45, 2.75) is 58.1 Å². The summed E-state index contributed by atoms with van der Waals surface area (Å²) < 4.78 is 27.3. The molecule has 1 spiro atoms. The molecule has 2 heterocycles. The molecule has 4 rings (SSSR count). The molecule has 1 saturated carbocycles. The molecular formula is C23H30FN3O5. The molecular weight excluding hydrogens is 417 g/mol. The van der Waals surface area contributed by atoms with Gasteiger partial charge in [-0.1, -0.05) is 0 Å². The number of hydrogen-bond acceptors (Lipinski definition) is 5. The third kappa shape index (κ3) is 4.18. The molecule has 9 heteroatoms. The van der Waals surface area contributed by atoms with Crippen LogP contribution in [-0.2, 0) is 16.0 Å². The first-order valence-electron chi connectivity index (χ1n) is 10.9. The number of carbonyl (C=O) groups excluding carboxylic acids is 1. The van der Waals surface area contributed by atoms with Gasteiger partial charge in [-0.2, -0.15) is 0 Å². The number of imidazole rings is 1. The van der Waals surface area contributed by atoms with Gasteiger partial charge in [0.05, 0.1) is 17.7 Å². The van der Waals surface area contributed by atoms with Gasteiger partial charge in [-0.3, -0.25) is 0 Å². The zero-order chi connectivity index (χ0) is 23.3. The van der Waals surface area contributed by atoms with Crippen molar-refractivity contribution in [3.05, 3.63) is 29.3 Å². The molecule has 1 saturated heterocycles. The van der Waals surface area contributed by atoms with Gasteiger partial charge in [0, 0.05) is 32.7 Å². The fraction of sp³-hybridized carbons (Fsp3) is 0.609. The molecule has 32 heavy (non-hydrogen) atoms. The molecule has 8 nitrogen and oxygen atoms in total. The number of ether oxygens (including phenoxy) is 2. The summed E-state index contributed by atoms with van der Waals surface area (Å²) in [5.74, 6) is -0.902. The summed E-state index contributed by atoms with van der Waals surface area (Å²) >= 11 is 0. The number of benzene rings is 1. The molecule has 2 fully saturated rings. The number of amides is 1. The number of hydrogen-bond donors (Lipinski definition) is 1. The van der Waals surface area contributed by atoms with Crippen molar-refractivity contribution in [2.24, 2.45) is 5.41 Å². The number of fused-ring (bicyclic) bond motifs is 1. The Hall–Kier alpha value is -2.68. The number of piperidine rings is 1. The molecule has 1 atom stereocenters. The lowest BCUT2D eigenvalue weighted by Crippen LogP contribution is -2.42. The van der Waals surface area contributed by atoms with Crippen molar-refractivity contribution < 1.29 is 28.6 Å². The van der Waals surface area contributed by atoms with E-state index >= 15 is 0 Å². The summed E-state index contributed by atoms with van der Waals surface area (Å²) in [7, 11) is 1.59. The quantitative estimate of drug-likeness (QED) is 0.744. The van der Waals surface area contributed by atoms with Crippen LogP contribution in [0.15, 0.2) is 12.1 Å². The average Bonchev–Trinajstić information content (AvgIpc) is 3.26. The van der Waals surface area contributed by atoms with Crippen molar-refractivity contribution in [3.63, 3.8) is 0 Å². The van der Waals surface area contributed by atoms with E-state index in [4.69, 9.17) is 9.47 Å². The third-order valence-corrected chi connectivity index (χ3v) is 6.52. The number of halogens is 1. The summed E-state index contributed by atoms with van der Waals surface area (Å²) in [4.78, 5) is 30.2. The molecule has 1 aromatic heterocycles. The van der Waals surface area contributed by atoms with Crippen molar-refractivity contribution in [1.82, 2.24) is 14.5 Å². The predicted octanol–water partition coefficient (Wildman–Crippen LogP) is 4.02. The highest BCUT2D eigenvalue weighted by atomic mass is 19.1. The van der Waals surface area contributed by atoms with Crippen molar-refractivity contribution in [3.8, 4) is 0 Å². The zero-order valence-electron chi connectivity index (χ0n) is 19.0. The van der Waals surface area contributed by atoms with Crippen LogP contribution >= 0.6 is 0 Å². The first kappa shape index (κ1) is 22.5. The minimum Gasteiger partial charge on any atom is -0.478 e. The molecule has 1 N–H and O–H groups in total. The second kappa shape index (κ2) is 8.03. The first-order chi connectivity index (χ1) is 15.0. The Morgan fingerprint density at radius 2 is 1.97 bits per heavy atom. The van der Waals surface area contributed by atoms with Crippen LogP contribution in [0, 0.1) is 11.2 Å². The highest BCUT2D eigenvalue weighted by molar-refractivity contribution is 5.92. The number of likely N-dealkylation sites (tertiary alicyclic amines) is 1. The van der Waals surface area contributed by atoms with E-state index in [-0.39, 0.29) is 28.5 Å². The minimum absolute atomic E-state index is 0.0246. The van der Waals surface area contributed by atoms with E-state index in [1.54, 1.807) is 12.0 Å². The van der Waals surface area contributed by atoms with Gasteiger partial charge >= 0.3 is 12.1 Å². The van der Waals surface area contributed by atoms with Gasteiger partial charge in [-0.15, -0.1) is 0 Å². The molecule has 0 radical (unpaired) electrons. The van der Waals surface area contributed by atoms with Gasteiger partial charge in [0.25, 0.3) is 0 Å². The first-order valence-corrected chi connectivity index (χ1v) is 10.9. The smallest absolute Gasteiger partial charge is 0.410 e. The van der Waals surface area contributed by atoms with Gasteiger partial charge in [0.2, 0.25) is 0 Å². The van der Waals surface area contributed by atoms with Crippen molar-refractivity contribution in [2.75, 3.05) is 26.8 Å². The van der Waals surface area contributed by atoms with Crippen molar-refractivity contribution in [1.29, 1.82) is 0 Å². The SMILES string of the molecule is COCCn1c(C2CC23CCN(C(=O)OC(C)(C)C)CC3)nc2c(F)cc(C(=O)O)cc21. The lowest BCUT2D eigenvalue weighted by molar-refractivity contribution is 0.0169. The number of carboxylic acid groups (broad SMARTS) is 1. The zero-order valence-corrected chi connectivity index (χ0v) is 19.0. The average molecular weight is 448 g/mol. The highest BCUT2D eigenvalue weighted by Gasteiger charge is 2.58. The molecule has 2 aliphatic rings. The van der Waals surface area contributed by atoms with Gasteiger partial charge in [0.1, 0.15) is 16.9 Å². The van der Waals surface area contributed by atoms with Crippen LogP contribution in [0.4, 0.5) is 9.18 Å². The Balaban J connectivity index is 1.58. The van der Waals surface area contributed by atoms with Gasteiger partial charge in [-0.05, 0) is 57.6 Å². The topological polar surface area (TPSA) is 93.9 Å². The van der Waals surface area contributed by atoms with Crippen LogP contribution in [0.3, 0.4) is 0 Å². The molecule has 174 valence electrons. The second-order valence-corrected chi connectivity index (χ2v) is 9.83. The summed E-state index contributed by atoms with van der Waals surface area (Å²) in [6, 6.07) is 2.50. The van der Waals surface area contributed by atoms with E-state index in [9.17, 15) is 19.1 Å². The fourth-order valence-electron chi connectivity index (χ4n) is 4.73. The Kier molecular flexibility index (Phi) is 5.65. The monoisotopic (exact) mass is 447 g/mol. The van der Waals surface area contributed by atoms with Crippen LogP contribution in [0.2, 0.25) is 0 Å². The summed E-state index contributed by atoms with van der Waals surface area (Å²) in [6.07, 6.45) is 2.28. The Labute approximate surface area is 186 Å². The fourth-order valence-corrected chi connectivity index (χ4v) is 4.73. The molecule has 2 aromatic rings. The van der Waals surface area contributed by atoms with Crippen molar-refractivity contribution >= 4 is 23.1 Å². The van der Waals surface area contributed by atoms with Crippen LogP contribution < -0.4 is 0 Å². The number of aromatic carboxylic acids is 1. The van der Waals surface area contributed by atoms with Crippen LogP contribution in [0.1, 0.15) is 62.1 Å². The Bertz CT molecular complexity index is 1050. The maximum absolute atomic E-state index is 14.7. The van der Waals surface area contributed by atoms with Crippen LogP contribution in [-0.4, -0.2) is 64.0 Å². The highest BCUT2D eigenvalue weighted by Crippen LogP contribution is 2.64. The van der Waals surface area contributed by atoms with E-state index in [0.717, 1.165) is 31.2 Å². The number of nitrogens with zero attached hydrogens (tertiary/aromatic N) is 3. The Morgan fingerprint density at radius 1 is 1.28 bits per heavy atom. The lowest BCUT2D eigenvalue weighted by atomic mass is 9.91. The van der Waals surface area contributed by atoms with E-state index in [1.165, 1.54) is 6.07 Å². The Morgan fingerprint density at radius 3 is 2.56 bits per heavy atom. The molecule has 1 aliphatic heterocycles. The minimum atomic E-state index is -1.18. The van der Waals surface area contributed by atoms with Crippen LogP contribution in [0.5, 0.6) is 0 Å². The van der Waals surface area contributed by atoms with E-state index in [1.807, 2.05) is 25.3 Å². The van der Waals surface area contributed by atoms with E-state index in [0.29, 0.717) is 31.8 Å². The molecule has 1 amide bonds. The molecule has 1 aromatic carbocycles. The van der Waals surface area contributed by atoms with Crippen LogP contribution in [0.25, 0.3) is 11.0 Å². The van der Waals surface area contributed by atoms with Gasteiger partial charge in [0.15, 0.2) is 5.82 Å². The normalized spacial score (nSPS) is 20.0. The maximum Gasteiger partial charge on any atom is 0.410 e. The molecule has 1 unspecified atom stereocenters. The van der Waals surface area contributed by atoms with Gasteiger partial charge < -0.3 is 24.0 Å². The summed E-state index contributed by atoms with van der Waals surface area (Å²) in [5.41, 5.74) is 0.0595. The van der Waals surface area contributed by atoms with Gasteiger partial charge in [-0.25, -0.2) is 19.0 Å². The number of carbonyl (C=O) groups is 2. The third-order valence-electron chi connectivity index (χ3n) is 6.52. The van der Waals surface area contributed by atoms with E-state index < -0.39 is 17.4 Å². The maximum atomic E-state index is 14.7.